The fourth-order valence-electron chi connectivity index (χ4n) is 3.76. The van der Waals surface area contributed by atoms with E-state index in [1.165, 1.54) is 5.56 Å². The summed E-state index contributed by atoms with van der Waals surface area (Å²) in [6, 6.07) is 9.81. The van der Waals surface area contributed by atoms with Gasteiger partial charge in [0.05, 0.1) is 30.0 Å². The van der Waals surface area contributed by atoms with Crippen LogP contribution in [0.3, 0.4) is 0 Å². The molecule has 0 bridgehead atoms. The molecule has 148 valence electrons. The van der Waals surface area contributed by atoms with Crippen LogP contribution < -0.4 is 15.9 Å². The third kappa shape index (κ3) is 5.88. The third-order valence-corrected chi connectivity index (χ3v) is 5.25. The molecule has 0 aliphatic heterocycles. The summed E-state index contributed by atoms with van der Waals surface area (Å²) < 4.78 is 0. The number of carbonyl (C=O) groups excluding carboxylic acids is 1. The molecule has 1 aliphatic rings. The zero-order valence-corrected chi connectivity index (χ0v) is 16.7. The minimum absolute atomic E-state index is 0.0400. The highest BCUT2D eigenvalue weighted by Gasteiger charge is 2.27. The van der Waals surface area contributed by atoms with E-state index in [0.29, 0.717) is 6.54 Å². The maximum absolute atomic E-state index is 12.9. The summed E-state index contributed by atoms with van der Waals surface area (Å²) in [5.74, 6) is 0.0400. The number of fused-ring (bicyclic) bond motifs is 1. The molecule has 0 spiro atoms. The van der Waals surface area contributed by atoms with Gasteiger partial charge in [-0.15, -0.1) is 0 Å². The molecule has 3 rings (SSSR count). The number of rotatable bonds is 10. The van der Waals surface area contributed by atoms with Crippen molar-refractivity contribution in [2.24, 2.45) is 0 Å². The highest BCUT2D eigenvalue weighted by Crippen LogP contribution is 2.28. The lowest BCUT2D eigenvalue weighted by Crippen LogP contribution is -2.46. The van der Waals surface area contributed by atoms with Gasteiger partial charge in [-0.05, 0) is 62.4 Å². The van der Waals surface area contributed by atoms with Crippen molar-refractivity contribution in [1.82, 2.24) is 25.8 Å². The van der Waals surface area contributed by atoms with Crippen LogP contribution in [0.15, 0.2) is 42.7 Å². The summed E-state index contributed by atoms with van der Waals surface area (Å²) in [5.41, 5.74) is 3.27. The molecule has 0 fully saturated rings. The third-order valence-electron chi connectivity index (χ3n) is 5.25. The van der Waals surface area contributed by atoms with Gasteiger partial charge in [0, 0.05) is 12.4 Å². The van der Waals surface area contributed by atoms with E-state index in [0.717, 1.165) is 56.5 Å². The standard InChI is InChI=1S/C21H30BN5O/c22-26-14-4-2-10-19(21(28)25-15-17-9-1-3-12-23-17)27-18-11-5-7-16-8-6-13-24-20(16)18/h1,3,6,8-9,12-13,18-19,26-27H,2,4-5,7,10-11,14-15,22H2,(H,25,28)/t18?,19-/m0/s1. The van der Waals surface area contributed by atoms with Gasteiger partial charge in [-0.3, -0.25) is 20.1 Å². The van der Waals surface area contributed by atoms with Gasteiger partial charge in [-0.1, -0.05) is 18.6 Å². The van der Waals surface area contributed by atoms with Crippen LogP contribution in [0, 0.1) is 0 Å². The SMILES string of the molecule is BNCCCC[C@H](NC1CCCc2cccnc21)C(=O)NCc1ccccn1. The summed E-state index contributed by atoms with van der Waals surface area (Å²) in [5, 5.41) is 9.84. The van der Waals surface area contributed by atoms with Crippen LogP contribution in [0.2, 0.25) is 0 Å². The van der Waals surface area contributed by atoms with Crippen molar-refractivity contribution in [2.75, 3.05) is 6.54 Å². The first-order chi connectivity index (χ1) is 13.8. The molecule has 0 saturated carbocycles. The maximum atomic E-state index is 12.9. The summed E-state index contributed by atoms with van der Waals surface area (Å²) in [4.78, 5) is 21.8. The molecule has 0 aromatic carbocycles. The second-order valence-electron chi connectivity index (χ2n) is 7.35. The molecular formula is C21H30BN5O. The van der Waals surface area contributed by atoms with Gasteiger partial charge in [0.1, 0.15) is 0 Å². The molecule has 1 unspecified atom stereocenters. The van der Waals surface area contributed by atoms with E-state index < -0.39 is 0 Å². The first-order valence-corrected chi connectivity index (χ1v) is 10.3. The Kier molecular flexibility index (Phi) is 8.00. The van der Waals surface area contributed by atoms with E-state index in [1.807, 2.05) is 38.4 Å². The monoisotopic (exact) mass is 379 g/mol. The number of nitrogens with zero attached hydrogens (tertiary/aromatic N) is 2. The van der Waals surface area contributed by atoms with Crippen molar-refractivity contribution in [3.63, 3.8) is 0 Å². The van der Waals surface area contributed by atoms with Crippen molar-refractivity contribution < 1.29 is 4.79 Å². The molecule has 2 heterocycles. The summed E-state index contributed by atoms with van der Waals surface area (Å²) >= 11 is 0. The molecule has 0 radical (unpaired) electrons. The number of carbonyl (C=O) groups is 1. The predicted molar refractivity (Wildman–Crippen MR) is 113 cm³/mol. The number of unbranched alkanes of at least 4 members (excludes halogenated alkanes) is 1. The Morgan fingerprint density at radius 2 is 2.07 bits per heavy atom. The summed E-state index contributed by atoms with van der Waals surface area (Å²) in [6.45, 7) is 1.42. The lowest BCUT2D eigenvalue weighted by Gasteiger charge is -2.29. The first kappa shape index (κ1) is 20.5. The van der Waals surface area contributed by atoms with Crippen molar-refractivity contribution >= 4 is 13.9 Å². The van der Waals surface area contributed by atoms with E-state index >= 15 is 0 Å². The van der Waals surface area contributed by atoms with Crippen LogP contribution in [0.25, 0.3) is 0 Å². The molecule has 2 aromatic rings. The number of hydrogen-bond acceptors (Lipinski definition) is 5. The molecule has 3 N–H and O–H groups in total. The van der Waals surface area contributed by atoms with Crippen molar-refractivity contribution in [3.8, 4) is 0 Å². The smallest absolute Gasteiger partial charge is 0.237 e. The highest BCUT2D eigenvalue weighted by molar-refractivity contribution is 6.04. The Hall–Kier alpha value is -2.25. The predicted octanol–water partition coefficient (Wildman–Crippen LogP) is 1.44. The van der Waals surface area contributed by atoms with E-state index in [4.69, 9.17) is 0 Å². The second kappa shape index (κ2) is 10.9. The fraction of sp³-hybridized carbons (Fsp3) is 0.476. The zero-order chi connectivity index (χ0) is 19.6. The average Bonchev–Trinajstić information content (AvgIpc) is 2.75. The number of aromatic nitrogens is 2. The van der Waals surface area contributed by atoms with Gasteiger partial charge in [0.25, 0.3) is 0 Å². The van der Waals surface area contributed by atoms with Gasteiger partial charge in [-0.25, -0.2) is 0 Å². The maximum Gasteiger partial charge on any atom is 0.237 e. The van der Waals surface area contributed by atoms with Gasteiger partial charge in [0.15, 0.2) is 7.98 Å². The number of hydrogen-bond donors (Lipinski definition) is 3. The Labute approximate surface area is 168 Å². The van der Waals surface area contributed by atoms with Crippen molar-refractivity contribution in [3.05, 3.63) is 59.7 Å². The van der Waals surface area contributed by atoms with E-state index in [2.05, 4.69) is 31.9 Å². The Morgan fingerprint density at radius 3 is 2.89 bits per heavy atom. The van der Waals surface area contributed by atoms with Gasteiger partial charge in [0.2, 0.25) is 5.91 Å². The van der Waals surface area contributed by atoms with E-state index in [9.17, 15) is 4.79 Å². The fourth-order valence-corrected chi connectivity index (χ4v) is 3.76. The minimum atomic E-state index is -0.224. The average molecular weight is 379 g/mol. The normalized spacial score (nSPS) is 16.9. The summed E-state index contributed by atoms with van der Waals surface area (Å²) in [6.07, 6.45) is 9.68. The molecule has 28 heavy (non-hydrogen) atoms. The van der Waals surface area contributed by atoms with Gasteiger partial charge >= 0.3 is 0 Å². The number of pyridine rings is 2. The molecular weight excluding hydrogens is 349 g/mol. The quantitative estimate of drug-likeness (QED) is 0.430. The Bertz CT molecular complexity index is 743. The van der Waals surface area contributed by atoms with Crippen LogP contribution in [0.1, 0.15) is 55.1 Å². The van der Waals surface area contributed by atoms with Crippen LogP contribution in [-0.4, -0.2) is 36.4 Å². The van der Waals surface area contributed by atoms with Crippen LogP contribution in [0.4, 0.5) is 0 Å². The molecule has 1 amide bonds. The topological polar surface area (TPSA) is 78.9 Å². The lowest BCUT2D eigenvalue weighted by atomic mass is 9.91. The van der Waals surface area contributed by atoms with Crippen molar-refractivity contribution in [1.29, 1.82) is 0 Å². The van der Waals surface area contributed by atoms with Crippen molar-refractivity contribution in [2.45, 2.75) is 57.2 Å². The Morgan fingerprint density at radius 1 is 1.18 bits per heavy atom. The number of amides is 1. The van der Waals surface area contributed by atoms with E-state index in [-0.39, 0.29) is 18.0 Å². The zero-order valence-electron chi connectivity index (χ0n) is 16.7. The Balaban J connectivity index is 1.63. The van der Waals surface area contributed by atoms with Gasteiger partial charge < -0.3 is 10.5 Å². The molecule has 2 atom stereocenters. The minimum Gasteiger partial charge on any atom is -0.362 e. The molecule has 7 heteroatoms. The number of aryl methyl sites for hydroxylation is 1. The highest BCUT2D eigenvalue weighted by atomic mass is 16.2. The molecule has 1 aliphatic carbocycles. The van der Waals surface area contributed by atoms with E-state index in [1.54, 1.807) is 6.20 Å². The molecule has 6 nitrogen and oxygen atoms in total. The molecule has 2 aromatic heterocycles. The molecule has 0 saturated heterocycles. The summed E-state index contributed by atoms with van der Waals surface area (Å²) in [7, 11) is 1.96. The largest absolute Gasteiger partial charge is 0.362 e. The van der Waals surface area contributed by atoms with Crippen LogP contribution >= 0.6 is 0 Å². The van der Waals surface area contributed by atoms with Crippen LogP contribution in [0.5, 0.6) is 0 Å². The first-order valence-electron chi connectivity index (χ1n) is 10.3. The van der Waals surface area contributed by atoms with Gasteiger partial charge in [-0.2, -0.15) is 0 Å². The number of nitrogens with one attached hydrogen (secondary N) is 3. The second-order valence-corrected chi connectivity index (χ2v) is 7.35. The lowest BCUT2D eigenvalue weighted by molar-refractivity contribution is -0.123. The van der Waals surface area contributed by atoms with Crippen LogP contribution in [-0.2, 0) is 17.8 Å².